The molecule has 0 aliphatic rings. The maximum atomic E-state index is 13.8. The first kappa shape index (κ1) is 27.8. The van der Waals surface area contributed by atoms with Gasteiger partial charge in [-0.3, -0.25) is 9.59 Å². The molecule has 0 fully saturated rings. The third-order valence-electron chi connectivity index (χ3n) is 6.30. The molecule has 3 aromatic rings. The Morgan fingerprint density at radius 2 is 1.62 bits per heavy atom. The summed E-state index contributed by atoms with van der Waals surface area (Å²) in [6.45, 7) is 9.91. The third-order valence-corrected chi connectivity index (χ3v) is 6.30. The van der Waals surface area contributed by atoms with E-state index in [1.807, 2.05) is 95.3 Å². The van der Waals surface area contributed by atoms with Crippen LogP contribution in [0.5, 0.6) is 11.5 Å². The normalized spacial score (nSPS) is 11.6. The lowest BCUT2D eigenvalue weighted by molar-refractivity contribution is -0.143. The van der Waals surface area contributed by atoms with Crippen LogP contribution in [0, 0.1) is 20.8 Å². The van der Waals surface area contributed by atoms with E-state index in [4.69, 9.17) is 9.47 Å². The average molecular weight is 503 g/mol. The van der Waals surface area contributed by atoms with E-state index >= 15 is 0 Å². The fourth-order valence-corrected chi connectivity index (χ4v) is 4.28. The van der Waals surface area contributed by atoms with Gasteiger partial charge in [0.05, 0.1) is 7.11 Å². The Morgan fingerprint density at radius 3 is 2.30 bits per heavy atom. The van der Waals surface area contributed by atoms with Crippen LogP contribution in [-0.2, 0) is 22.6 Å². The van der Waals surface area contributed by atoms with Crippen molar-refractivity contribution in [2.75, 3.05) is 13.7 Å². The maximum Gasteiger partial charge on any atom is 0.261 e. The molecule has 0 aromatic heterocycles. The van der Waals surface area contributed by atoms with E-state index in [-0.39, 0.29) is 31.0 Å². The van der Waals surface area contributed by atoms with Gasteiger partial charge in [0.2, 0.25) is 5.91 Å². The molecule has 0 bridgehead atoms. The van der Waals surface area contributed by atoms with Crippen LogP contribution in [0.1, 0.15) is 41.7 Å². The molecule has 3 rings (SSSR count). The minimum atomic E-state index is -0.715. The summed E-state index contributed by atoms with van der Waals surface area (Å²) in [6, 6.07) is 20.6. The van der Waals surface area contributed by atoms with Crippen molar-refractivity contribution in [3.05, 3.63) is 94.5 Å². The highest BCUT2D eigenvalue weighted by molar-refractivity contribution is 5.88. The second kappa shape index (κ2) is 12.9. The van der Waals surface area contributed by atoms with E-state index in [1.54, 1.807) is 12.0 Å². The topological polar surface area (TPSA) is 67.9 Å². The molecular formula is C31H38N2O4. The zero-order valence-corrected chi connectivity index (χ0v) is 22.7. The minimum Gasteiger partial charge on any atom is -0.497 e. The van der Waals surface area contributed by atoms with Gasteiger partial charge in [-0.25, -0.2) is 0 Å². The number of nitrogens with zero attached hydrogens (tertiary/aromatic N) is 1. The molecule has 0 spiro atoms. The second-order valence-corrected chi connectivity index (χ2v) is 9.74. The molecular weight excluding hydrogens is 464 g/mol. The highest BCUT2D eigenvalue weighted by Crippen LogP contribution is 2.24. The molecule has 0 aliphatic carbocycles. The summed E-state index contributed by atoms with van der Waals surface area (Å²) in [5, 5.41) is 3.01. The predicted octanol–water partition coefficient (Wildman–Crippen LogP) is 5.16. The van der Waals surface area contributed by atoms with Crippen LogP contribution >= 0.6 is 0 Å². The molecule has 0 aliphatic heterocycles. The lowest BCUT2D eigenvalue weighted by Crippen LogP contribution is -2.52. The molecule has 196 valence electrons. The van der Waals surface area contributed by atoms with Crippen molar-refractivity contribution < 1.29 is 19.1 Å². The van der Waals surface area contributed by atoms with E-state index in [2.05, 4.69) is 11.4 Å². The summed E-state index contributed by atoms with van der Waals surface area (Å²) in [4.78, 5) is 28.9. The van der Waals surface area contributed by atoms with Crippen molar-refractivity contribution in [3.63, 3.8) is 0 Å². The molecule has 0 heterocycles. The number of ether oxygens (including phenoxy) is 2. The SMILES string of the molecule is COc1cccc(CN(C(=O)COc2cc(C)cc(C)c2C)C(Cc2ccccc2)C(=O)NC(C)C)c1. The number of nitrogens with one attached hydrogen (secondary N) is 1. The van der Waals surface area contributed by atoms with Crippen LogP contribution in [0.15, 0.2) is 66.7 Å². The number of hydrogen-bond donors (Lipinski definition) is 1. The zero-order valence-electron chi connectivity index (χ0n) is 22.7. The lowest BCUT2D eigenvalue weighted by Gasteiger charge is -2.32. The number of aryl methyl sites for hydroxylation is 2. The van der Waals surface area contributed by atoms with Gasteiger partial charge >= 0.3 is 0 Å². The van der Waals surface area contributed by atoms with Crippen LogP contribution in [0.3, 0.4) is 0 Å². The number of carbonyl (C=O) groups excluding carboxylic acids is 2. The van der Waals surface area contributed by atoms with Crippen LogP contribution in [0.25, 0.3) is 0 Å². The third kappa shape index (κ3) is 7.84. The van der Waals surface area contributed by atoms with E-state index in [0.717, 1.165) is 27.8 Å². The van der Waals surface area contributed by atoms with Crippen LogP contribution in [0.4, 0.5) is 0 Å². The maximum absolute atomic E-state index is 13.8. The van der Waals surface area contributed by atoms with Crippen molar-refractivity contribution in [2.24, 2.45) is 0 Å². The Morgan fingerprint density at radius 1 is 0.919 bits per heavy atom. The van der Waals surface area contributed by atoms with E-state index < -0.39 is 6.04 Å². The first-order valence-corrected chi connectivity index (χ1v) is 12.6. The summed E-state index contributed by atoms with van der Waals surface area (Å²) >= 11 is 0. The second-order valence-electron chi connectivity index (χ2n) is 9.74. The first-order valence-electron chi connectivity index (χ1n) is 12.6. The smallest absolute Gasteiger partial charge is 0.261 e. The molecule has 6 nitrogen and oxygen atoms in total. The molecule has 0 saturated heterocycles. The highest BCUT2D eigenvalue weighted by Gasteiger charge is 2.31. The van der Waals surface area contributed by atoms with Crippen molar-refractivity contribution in [1.29, 1.82) is 0 Å². The van der Waals surface area contributed by atoms with Crippen molar-refractivity contribution in [2.45, 2.75) is 59.7 Å². The Labute approximate surface area is 220 Å². The number of carbonyl (C=O) groups is 2. The van der Waals surface area contributed by atoms with Gasteiger partial charge in [0.15, 0.2) is 6.61 Å². The Hall–Kier alpha value is -3.80. The van der Waals surface area contributed by atoms with E-state index in [9.17, 15) is 9.59 Å². The fraction of sp³-hybridized carbons (Fsp3) is 0.355. The largest absolute Gasteiger partial charge is 0.497 e. The Kier molecular flexibility index (Phi) is 9.72. The van der Waals surface area contributed by atoms with Crippen molar-refractivity contribution in [1.82, 2.24) is 10.2 Å². The molecule has 1 N–H and O–H groups in total. The van der Waals surface area contributed by atoms with Gasteiger partial charge in [-0.2, -0.15) is 0 Å². The van der Waals surface area contributed by atoms with Gasteiger partial charge in [-0.15, -0.1) is 0 Å². The molecule has 1 atom stereocenters. The Balaban J connectivity index is 1.95. The average Bonchev–Trinajstić information content (AvgIpc) is 2.87. The summed E-state index contributed by atoms with van der Waals surface area (Å²) < 4.78 is 11.4. The van der Waals surface area contributed by atoms with Crippen molar-refractivity contribution in [3.8, 4) is 11.5 Å². The molecule has 3 aromatic carbocycles. The van der Waals surface area contributed by atoms with E-state index in [0.29, 0.717) is 17.9 Å². The number of benzene rings is 3. The summed E-state index contributed by atoms with van der Waals surface area (Å²) in [5.74, 6) is 0.913. The number of hydrogen-bond acceptors (Lipinski definition) is 4. The molecule has 0 saturated carbocycles. The van der Waals surface area contributed by atoms with Crippen LogP contribution < -0.4 is 14.8 Å². The number of amides is 2. The quantitative estimate of drug-likeness (QED) is 0.393. The monoisotopic (exact) mass is 502 g/mol. The predicted molar refractivity (Wildman–Crippen MR) is 147 cm³/mol. The standard InChI is InChI=1S/C31H38N2O4/c1-21(2)32-31(35)28(18-25-11-8-7-9-12-25)33(19-26-13-10-14-27(17-26)36-6)30(34)20-37-29-16-22(3)15-23(4)24(29)5/h7-17,21,28H,18-20H2,1-6H3,(H,32,35). The fourth-order valence-electron chi connectivity index (χ4n) is 4.28. The van der Waals surface area contributed by atoms with Gasteiger partial charge in [0, 0.05) is 19.0 Å². The number of methoxy groups -OCH3 is 1. The van der Waals surface area contributed by atoms with Gasteiger partial charge in [0.1, 0.15) is 17.5 Å². The summed E-state index contributed by atoms with van der Waals surface area (Å²) in [7, 11) is 1.61. The minimum absolute atomic E-state index is 0.0614. The van der Waals surface area contributed by atoms with Crippen LogP contribution in [-0.4, -0.2) is 42.5 Å². The van der Waals surface area contributed by atoms with Crippen LogP contribution in [0.2, 0.25) is 0 Å². The molecule has 6 heteroatoms. The summed E-state index contributed by atoms with van der Waals surface area (Å²) in [5.41, 5.74) is 5.01. The lowest BCUT2D eigenvalue weighted by atomic mass is 10.0. The van der Waals surface area contributed by atoms with Gasteiger partial charge in [-0.1, -0.05) is 48.5 Å². The number of rotatable bonds is 11. The molecule has 37 heavy (non-hydrogen) atoms. The Bertz CT molecular complexity index is 1210. The van der Waals surface area contributed by atoms with Crippen molar-refractivity contribution >= 4 is 11.8 Å². The highest BCUT2D eigenvalue weighted by atomic mass is 16.5. The molecule has 1 unspecified atom stereocenters. The molecule has 0 radical (unpaired) electrons. The first-order chi connectivity index (χ1) is 17.7. The van der Waals surface area contributed by atoms with E-state index in [1.165, 1.54) is 0 Å². The van der Waals surface area contributed by atoms with Gasteiger partial charge in [-0.05, 0) is 80.6 Å². The van der Waals surface area contributed by atoms with Gasteiger partial charge < -0.3 is 19.7 Å². The summed E-state index contributed by atoms with van der Waals surface area (Å²) in [6.07, 6.45) is 0.387. The van der Waals surface area contributed by atoms with Gasteiger partial charge in [0.25, 0.3) is 5.91 Å². The molecule has 2 amide bonds. The zero-order chi connectivity index (χ0) is 26.9.